The number of rotatable bonds is 13. The zero-order valence-electron chi connectivity index (χ0n) is 26.4. The molecule has 0 atom stereocenters. The number of fused-ring (bicyclic) bond motifs is 1. The molecule has 13 heteroatoms. The van der Waals surface area contributed by atoms with E-state index < -0.39 is 29.0 Å². The third kappa shape index (κ3) is 8.35. The number of benzene rings is 3. The number of hydrogen-bond donors (Lipinski definition) is 3. The van der Waals surface area contributed by atoms with Crippen LogP contribution in [0.25, 0.3) is 10.9 Å². The van der Waals surface area contributed by atoms with Gasteiger partial charge in [0.2, 0.25) is 11.8 Å². The number of carboxylic acid groups (broad SMARTS) is 1. The molecule has 3 aromatic carbocycles. The standard InChI is InChI=1S/C32H29ClFN3O7.Ca.2H/c1-42-27-17-22-24(18-28(27)43-15-3-2-4-29(38)39)35-14-11-25(22)44-26-10-9-21(16-23(26)33)37-31(41)32(12-13-32)30(40)36-20-7-5-19(34)6-8-20;;;/h5-11,14,16-18H,2-4,12-13,15H2,1H3,(H,36,40)(H,37,41)(H,38,39);;;/q;+2;2*-1. The molecule has 5 rings (SSSR count). The number of nitrogens with one attached hydrogen (secondary N) is 2. The Balaban J connectivity index is 0.00000256. The monoisotopic (exact) mass is 663 g/mol. The second kappa shape index (κ2) is 15.1. The van der Waals surface area contributed by atoms with E-state index in [0.717, 1.165) is 0 Å². The van der Waals surface area contributed by atoms with E-state index >= 15 is 0 Å². The minimum Gasteiger partial charge on any atom is -1.00 e. The fourth-order valence-electron chi connectivity index (χ4n) is 4.55. The summed E-state index contributed by atoms with van der Waals surface area (Å²) in [5, 5.41) is 15.1. The van der Waals surface area contributed by atoms with Crippen LogP contribution >= 0.6 is 11.6 Å². The van der Waals surface area contributed by atoms with Crippen LogP contribution in [0.5, 0.6) is 23.0 Å². The van der Waals surface area contributed by atoms with Gasteiger partial charge in [0, 0.05) is 35.4 Å². The topological polar surface area (TPSA) is 136 Å². The van der Waals surface area contributed by atoms with E-state index in [1.807, 2.05) is 0 Å². The molecular weight excluding hydrogens is 633 g/mol. The van der Waals surface area contributed by atoms with Crippen molar-refractivity contribution < 1.29 is 40.9 Å². The van der Waals surface area contributed by atoms with Gasteiger partial charge in [-0.25, -0.2) is 4.39 Å². The number of anilines is 2. The first-order valence-electron chi connectivity index (χ1n) is 13.9. The summed E-state index contributed by atoms with van der Waals surface area (Å²) in [4.78, 5) is 41.1. The van der Waals surface area contributed by atoms with Crippen LogP contribution < -0.4 is 24.8 Å². The summed E-state index contributed by atoms with van der Waals surface area (Å²) in [5.74, 6) is -0.494. The third-order valence-corrected chi connectivity index (χ3v) is 7.46. The maximum Gasteiger partial charge on any atom is 2.00 e. The van der Waals surface area contributed by atoms with Crippen molar-refractivity contribution in [3.8, 4) is 23.0 Å². The van der Waals surface area contributed by atoms with Gasteiger partial charge in [0.15, 0.2) is 11.5 Å². The van der Waals surface area contributed by atoms with Crippen molar-refractivity contribution in [2.75, 3.05) is 24.4 Å². The van der Waals surface area contributed by atoms with Crippen molar-refractivity contribution in [3.05, 3.63) is 77.7 Å². The molecule has 10 nitrogen and oxygen atoms in total. The van der Waals surface area contributed by atoms with Crippen molar-refractivity contribution in [1.82, 2.24) is 4.98 Å². The molecule has 0 aliphatic heterocycles. The van der Waals surface area contributed by atoms with Crippen LogP contribution in [0.2, 0.25) is 5.02 Å². The summed E-state index contributed by atoms with van der Waals surface area (Å²) in [7, 11) is 1.51. The van der Waals surface area contributed by atoms with Gasteiger partial charge in [0.1, 0.15) is 22.7 Å². The van der Waals surface area contributed by atoms with Crippen LogP contribution in [0.3, 0.4) is 0 Å². The first-order valence-corrected chi connectivity index (χ1v) is 14.2. The third-order valence-electron chi connectivity index (χ3n) is 7.16. The van der Waals surface area contributed by atoms with Crippen molar-refractivity contribution in [3.63, 3.8) is 0 Å². The fraction of sp³-hybridized carbons (Fsp3) is 0.250. The number of ether oxygens (including phenoxy) is 3. The number of amides is 2. The molecule has 232 valence electrons. The Morgan fingerprint density at radius 1 is 0.933 bits per heavy atom. The van der Waals surface area contributed by atoms with Crippen LogP contribution in [0, 0.1) is 11.2 Å². The molecule has 0 unspecified atom stereocenters. The Labute approximate surface area is 296 Å². The smallest absolute Gasteiger partial charge is 1.00 e. The van der Waals surface area contributed by atoms with E-state index in [0.29, 0.717) is 77.6 Å². The zero-order valence-corrected chi connectivity index (χ0v) is 27.4. The Kier molecular flexibility index (Phi) is 11.5. The van der Waals surface area contributed by atoms with Crippen molar-refractivity contribution in [1.29, 1.82) is 0 Å². The second-order valence-electron chi connectivity index (χ2n) is 10.3. The number of carbonyl (C=O) groups excluding carboxylic acids is 2. The fourth-order valence-corrected chi connectivity index (χ4v) is 4.77. The van der Waals surface area contributed by atoms with Crippen molar-refractivity contribution in [2.45, 2.75) is 32.1 Å². The molecule has 2 amide bonds. The molecule has 1 aliphatic carbocycles. The average Bonchev–Trinajstić information content (AvgIpc) is 3.82. The number of pyridine rings is 1. The van der Waals surface area contributed by atoms with Crippen LogP contribution in [-0.2, 0) is 14.4 Å². The minimum atomic E-state index is -1.22. The van der Waals surface area contributed by atoms with Crippen molar-refractivity contribution in [2.24, 2.45) is 5.41 Å². The Morgan fingerprint density at radius 2 is 1.62 bits per heavy atom. The summed E-state index contributed by atoms with van der Waals surface area (Å²) in [5.41, 5.74) is 0.154. The van der Waals surface area contributed by atoms with Gasteiger partial charge in [-0.05, 0) is 80.3 Å². The maximum absolute atomic E-state index is 13.2. The van der Waals surface area contributed by atoms with E-state index in [4.69, 9.17) is 30.9 Å². The predicted molar refractivity (Wildman–Crippen MR) is 170 cm³/mol. The summed E-state index contributed by atoms with van der Waals surface area (Å²) >= 11 is 6.53. The number of methoxy groups -OCH3 is 1. The van der Waals surface area contributed by atoms with E-state index in [-0.39, 0.29) is 52.0 Å². The Hall–Kier alpha value is -3.64. The van der Waals surface area contributed by atoms with E-state index in [2.05, 4.69) is 15.6 Å². The van der Waals surface area contributed by atoms with Crippen LogP contribution in [0.15, 0.2) is 66.9 Å². The number of unbranched alkanes of at least 4 members (excludes halogenated alkanes) is 1. The molecule has 3 N–H and O–H groups in total. The maximum atomic E-state index is 13.2. The van der Waals surface area contributed by atoms with Gasteiger partial charge in [0.05, 0.1) is 24.3 Å². The van der Waals surface area contributed by atoms with Gasteiger partial charge in [-0.3, -0.25) is 19.4 Å². The van der Waals surface area contributed by atoms with Gasteiger partial charge in [-0.2, -0.15) is 0 Å². The molecule has 0 saturated heterocycles. The molecule has 1 fully saturated rings. The molecular formula is C32H31CaClFN3O7. The largest absolute Gasteiger partial charge is 2.00 e. The minimum absolute atomic E-state index is 0. The van der Waals surface area contributed by atoms with E-state index in [9.17, 15) is 18.8 Å². The van der Waals surface area contributed by atoms with Gasteiger partial charge >= 0.3 is 43.7 Å². The molecule has 1 saturated carbocycles. The second-order valence-corrected chi connectivity index (χ2v) is 10.7. The number of aromatic nitrogens is 1. The summed E-state index contributed by atoms with van der Waals surface area (Å²) in [6.45, 7) is 0.323. The summed E-state index contributed by atoms with van der Waals surface area (Å²) in [6, 6.07) is 15.2. The Morgan fingerprint density at radius 3 is 2.27 bits per heavy atom. The van der Waals surface area contributed by atoms with Crippen LogP contribution in [0.1, 0.15) is 35.0 Å². The molecule has 0 radical (unpaired) electrons. The van der Waals surface area contributed by atoms with Gasteiger partial charge in [-0.1, -0.05) is 11.6 Å². The number of carbonyl (C=O) groups is 3. The number of halogens is 2. The van der Waals surface area contributed by atoms with E-state index in [1.54, 1.807) is 36.5 Å². The normalized spacial score (nSPS) is 12.9. The molecule has 1 heterocycles. The molecule has 4 aromatic rings. The molecule has 45 heavy (non-hydrogen) atoms. The van der Waals surface area contributed by atoms with Gasteiger partial charge in [-0.15, -0.1) is 0 Å². The number of carboxylic acids is 1. The molecule has 1 aromatic heterocycles. The van der Waals surface area contributed by atoms with Crippen LogP contribution in [-0.4, -0.2) is 79.3 Å². The first-order chi connectivity index (χ1) is 21.2. The number of aliphatic carboxylic acids is 1. The Bertz CT molecular complexity index is 1730. The molecule has 0 spiro atoms. The first kappa shape index (κ1) is 34.2. The van der Waals surface area contributed by atoms with Gasteiger partial charge in [0.25, 0.3) is 0 Å². The van der Waals surface area contributed by atoms with E-state index in [1.165, 1.54) is 37.4 Å². The zero-order chi connectivity index (χ0) is 31.3. The summed E-state index contributed by atoms with van der Waals surface area (Å²) in [6.07, 6.45) is 3.50. The number of hydrogen-bond acceptors (Lipinski definition) is 7. The summed E-state index contributed by atoms with van der Waals surface area (Å²) < 4.78 is 30.6. The SMILES string of the molecule is COc1cc2c(Oc3ccc(NC(=O)C4(C(=O)Nc5ccc(F)cc5)CC4)cc3Cl)ccnc2cc1OCCCCC(=O)O.[Ca+2].[H-].[H-]. The van der Waals surface area contributed by atoms with Crippen LogP contribution in [0.4, 0.5) is 15.8 Å². The van der Waals surface area contributed by atoms with Crippen molar-refractivity contribution >= 4 is 89.4 Å². The predicted octanol–water partition coefficient (Wildman–Crippen LogP) is 6.66. The average molecular weight is 664 g/mol. The van der Waals surface area contributed by atoms with Gasteiger partial charge < -0.3 is 32.8 Å². The quantitative estimate of drug-likeness (QED) is 0.0821. The molecule has 0 bridgehead atoms. The number of nitrogens with zero attached hydrogens (tertiary/aromatic N) is 1. The molecule has 1 aliphatic rings.